The lowest BCUT2D eigenvalue weighted by Crippen LogP contribution is -2.38. The Morgan fingerprint density at radius 3 is 2.37 bits per heavy atom. The number of nitrogens with one attached hydrogen (secondary N) is 1. The third-order valence-corrected chi connectivity index (χ3v) is 4.22. The number of carbonyl (C=O) groups excluding carboxylic acids is 2. The van der Waals surface area contributed by atoms with Crippen LogP contribution in [0.4, 0.5) is 18.9 Å². The van der Waals surface area contributed by atoms with Crippen molar-refractivity contribution in [2.24, 2.45) is 0 Å². The molecule has 2 rings (SSSR count). The van der Waals surface area contributed by atoms with Gasteiger partial charge in [0.25, 0.3) is 5.91 Å². The average Bonchev–Trinajstić information content (AvgIpc) is 2.71. The number of halogens is 3. The third-order valence-electron chi connectivity index (χ3n) is 4.22. The van der Waals surface area contributed by atoms with E-state index in [4.69, 9.17) is 9.47 Å². The Morgan fingerprint density at radius 1 is 1.07 bits per heavy atom. The van der Waals surface area contributed by atoms with Crippen LogP contribution in [-0.4, -0.2) is 43.5 Å². The van der Waals surface area contributed by atoms with E-state index in [0.717, 1.165) is 12.1 Å². The maximum absolute atomic E-state index is 13.1. The summed E-state index contributed by atoms with van der Waals surface area (Å²) in [7, 11) is 1.44. The van der Waals surface area contributed by atoms with Gasteiger partial charge in [-0.3, -0.25) is 9.59 Å². The van der Waals surface area contributed by atoms with Crippen molar-refractivity contribution in [3.05, 3.63) is 53.6 Å². The zero-order valence-corrected chi connectivity index (χ0v) is 16.9. The quantitative estimate of drug-likeness (QED) is 0.689. The van der Waals surface area contributed by atoms with Crippen molar-refractivity contribution in [2.75, 3.05) is 32.1 Å². The van der Waals surface area contributed by atoms with Gasteiger partial charge >= 0.3 is 6.18 Å². The van der Waals surface area contributed by atoms with Crippen molar-refractivity contribution in [3.8, 4) is 11.5 Å². The second-order valence-corrected chi connectivity index (χ2v) is 6.21. The van der Waals surface area contributed by atoms with E-state index < -0.39 is 30.1 Å². The van der Waals surface area contributed by atoms with Crippen LogP contribution in [0.15, 0.2) is 42.5 Å². The second kappa shape index (κ2) is 10.00. The summed E-state index contributed by atoms with van der Waals surface area (Å²) in [6.45, 7) is 3.68. The van der Waals surface area contributed by atoms with Crippen molar-refractivity contribution in [1.82, 2.24) is 4.90 Å². The summed E-state index contributed by atoms with van der Waals surface area (Å²) in [5, 5.41) is 2.24. The fraction of sp³-hybridized carbons (Fsp3) is 0.333. The topological polar surface area (TPSA) is 67.9 Å². The molecule has 0 fully saturated rings. The largest absolute Gasteiger partial charge is 0.493 e. The zero-order valence-electron chi connectivity index (χ0n) is 16.9. The van der Waals surface area contributed by atoms with E-state index >= 15 is 0 Å². The van der Waals surface area contributed by atoms with Crippen LogP contribution in [0.5, 0.6) is 11.5 Å². The number of likely N-dealkylation sites (N-methyl/N-ethyl adjacent to an activating group) is 1. The van der Waals surface area contributed by atoms with Crippen LogP contribution in [0.3, 0.4) is 0 Å². The molecule has 0 aliphatic heterocycles. The summed E-state index contributed by atoms with van der Waals surface area (Å²) in [4.78, 5) is 26.4. The molecule has 6 nitrogen and oxygen atoms in total. The minimum Gasteiger partial charge on any atom is -0.493 e. The summed E-state index contributed by atoms with van der Waals surface area (Å²) in [5.74, 6) is -0.360. The smallest absolute Gasteiger partial charge is 0.418 e. The van der Waals surface area contributed by atoms with E-state index in [1.807, 2.05) is 6.92 Å². The SMILES string of the molecule is CCOc1ccc(C(=O)N(CC)CC(=O)Nc2ccccc2C(F)(F)F)cc1OC. The number of nitrogens with zero attached hydrogens (tertiary/aromatic N) is 1. The Bertz CT molecular complexity index is 900. The van der Waals surface area contributed by atoms with Gasteiger partial charge < -0.3 is 19.7 Å². The van der Waals surface area contributed by atoms with Crippen LogP contribution in [0, 0.1) is 0 Å². The molecule has 0 aliphatic rings. The highest BCUT2D eigenvalue weighted by atomic mass is 19.4. The molecule has 0 saturated carbocycles. The standard InChI is InChI=1S/C21H23F3N2O4/c1-4-26(20(28)14-10-11-17(30-5-2)18(12-14)29-3)13-19(27)25-16-9-7-6-8-15(16)21(22,23)24/h6-12H,4-5,13H2,1-3H3,(H,25,27). The maximum atomic E-state index is 13.1. The van der Waals surface area contributed by atoms with Gasteiger partial charge in [0.05, 0.1) is 25.0 Å². The van der Waals surface area contributed by atoms with E-state index in [1.165, 1.54) is 36.3 Å². The molecular weight excluding hydrogens is 401 g/mol. The highest BCUT2D eigenvalue weighted by Crippen LogP contribution is 2.34. The van der Waals surface area contributed by atoms with Gasteiger partial charge in [0.1, 0.15) is 6.54 Å². The molecule has 0 saturated heterocycles. The molecule has 0 spiro atoms. The number of benzene rings is 2. The molecule has 0 atom stereocenters. The Labute approximate surface area is 172 Å². The number of para-hydroxylation sites is 1. The van der Waals surface area contributed by atoms with Crippen LogP contribution in [-0.2, 0) is 11.0 Å². The third kappa shape index (κ3) is 5.65. The lowest BCUT2D eigenvalue weighted by Gasteiger charge is -2.22. The summed E-state index contributed by atoms with van der Waals surface area (Å²) < 4.78 is 49.9. The number of rotatable bonds is 8. The van der Waals surface area contributed by atoms with Crippen molar-refractivity contribution in [1.29, 1.82) is 0 Å². The molecule has 2 amide bonds. The molecule has 9 heteroatoms. The first-order valence-corrected chi connectivity index (χ1v) is 9.27. The van der Waals surface area contributed by atoms with E-state index in [1.54, 1.807) is 13.0 Å². The summed E-state index contributed by atoms with van der Waals surface area (Å²) in [6.07, 6.45) is -4.61. The summed E-state index contributed by atoms with van der Waals surface area (Å²) in [5.41, 5.74) is -1.05. The molecule has 0 radical (unpaired) electrons. The summed E-state index contributed by atoms with van der Waals surface area (Å²) in [6, 6.07) is 9.28. The van der Waals surface area contributed by atoms with Crippen LogP contribution in [0.1, 0.15) is 29.8 Å². The summed E-state index contributed by atoms with van der Waals surface area (Å²) >= 11 is 0. The van der Waals surface area contributed by atoms with Crippen molar-refractivity contribution in [2.45, 2.75) is 20.0 Å². The number of ether oxygens (including phenoxy) is 2. The first-order chi connectivity index (χ1) is 14.2. The highest BCUT2D eigenvalue weighted by molar-refractivity contribution is 6.00. The first kappa shape index (κ1) is 23.1. The van der Waals surface area contributed by atoms with Crippen molar-refractivity contribution < 1.29 is 32.2 Å². The lowest BCUT2D eigenvalue weighted by atomic mass is 10.1. The molecule has 30 heavy (non-hydrogen) atoms. The maximum Gasteiger partial charge on any atom is 0.418 e. The van der Waals surface area contributed by atoms with Crippen molar-refractivity contribution in [3.63, 3.8) is 0 Å². The molecule has 162 valence electrons. The number of methoxy groups -OCH3 is 1. The van der Waals surface area contributed by atoms with Gasteiger partial charge in [-0.15, -0.1) is 0 Å². The Hall–Kier alpha value is -3.23. The van der Waals surface area contributed by atoms with E-state index in [0.29, 0.717) is 18.1 Å². The minimum atomic E-state index is -4.61. The number of amides is 2. The van der Waals surface area contributed by atoms with Gasteiger partial charge in [0.15, 0.2) is 11.5 Å². The van der Waals surface area contributed by atoms with Gasteiger partial charge in [0, 0.05) is 12.1 Å². The normalized spacial score (nSPS) is 11.0. The van der Waals surface area contributed by atoms with Gasteiger partial charge in [-0.1, -0.05) is 12.1 Å². The van der Waals surface area contributed by atoms with E-state index in [-0.39, 0.29) is 17.8 Å². The monoisotopic (exact) mass is 424 g/mol. The number of alkyl halides is 3. The number of hydrogen-bond donors (Lipinski definition) is 1. The zero-order chi connectivity index (χ0) is 22.3. The van der Waals surface area contributed by atoms with Crippen LogP contribution >= 0.6 is 0 Å². The first-order valence-electron chi connectivity index (χ1n) is 9.27. The predicted octanol–water partition coefficient (Wildman–Crippen LogP) is 4.21. The van der Waals surface area contributed by atoms with Gasteiger partial charge in [0.2, 0.25) is 5.91 Å². The van der Waals surface area contributed by atoms with Crippen LogP contribution < -0.4 is 14.8 Å². The van der Waals surface area contributed by atoms with Crippen molar-refractivity contribution >= 4 is 17.5 Å². The fourth-order valence-electron chi connectivity index (χ4n) is 2.79. The Balaban J connectivity index is 2.16. The second-order valence-electron chi connectivity index (χ2n) is 6.21. The van der Waals surface area contributed by atoms with Gasteiger partial charge in [-0.05, 0) is 44.2 Å². The lowest BCUT2D eigenvalue weighted by molar-refractivity contribution is -0.137. The van der Waals surface area contributed by atoms with E-state index in [9.17, 15) is 22.8 Å². The molecule has 0 bridgehead atoms. The van der Waals surface area contributed by atoms with Gasteiger partial charge in [-0.2, -0.15) is 13.2 Å². The molecule has 0 heterocycles. The molecule has 0 aliphatic carbocycles. The molecular formula is C21H23F3N2O4. The van der Waals surface area contributed by atoms with Gasteiger partial charge in [-0.25, -0.2) is 0 Å². The van der Waals surface area contributed by atoms with Crippen LogP contribution in [0.25, 0.3) is 0 Å². The number of anilines is 1. The molecule has 1 N–H and O–H groups in total. The van der Waals surface area contributed by atoms with E-state index in [2.05, 4.69) is 5.32 Å². The molecule has 0 unspecified atom stereocenters. The fourth-order valence-corrected chi connectivity index (χ4v) is 2.79. The Kier molecular flexibility index (Phi) is 7.68. The highest BCUT2D eigenvalue weighted by Gasteiger charge is 2.33. The predicted molar refractivity (Wildman–Crippen MR) is 106 cm³/mol. The average molecular weight is 424 g/mol. The van der Waals surface area contributed by atoms with Crippen LogP contribution in [0.2, 0.25) is 0 Å². The molecule has 0 aromatic heterocycles. The molecule has 2 aromatic rings. The number of hydrogen-bond acceptors (Lipinski definition) is 4. The Morgan fingerprint density at radius 2 is 1.77 bits per heavy atom. The number of carbonyl (C=O) groups is 2. The molecule has 2 aromatic carbocycles. The minimum absolute atomic E-state index is 0.183.